The van der Waals surface area contributed by atoms with Crippen LogP contribution in [-0.4, -0.2) is 120 Å². The Bertz CT molecular complexity index is 1500. The van der Waals surface area contributed by atoms with Gasteiger partial charge in [0.2, 0.25) is 11.8 Å². The molecular weight excluding hydrogens is 657 g/mol. The maximum absolute atomic E-state index is 14.1. The Morgan fingerprint density at radius 1 is 0.898 bits per heavy atom. The van der Waals surface area contributed by atoms with Crippen LogP contribution in [0.5, 0.6) is 0 Å². The SMILES string of the molecule is Cc1cc(CC(CC(=O)N2CCC(N3Cc4ccccc4NC3=O)CC2)C(=O)N2CCC(N3CCN(CC(F)(F)F)CC3)CC2)ccc1Cl. The van der Waals surface area contributed by atoms with Gasteiger partial charge >= 0.3 is 12.2 Å². The number of aryl methyl sites for hydroxylation is 1. The van der Waals surface area contributed by atoms with Gasteiger partial charge in [0.1, 0.15) is 0 Å². The number of amides is 4. The molecule has 2 aromatic carbocycles. The summed E-state index contributed by atoms with van der Waals surface area (Å²) in [6, 6.07) is 13.7. The number of nitrogens with one attached hydrogen (secondary N) is 1. The second-order valence-electron chi connectivity index (χ2n) is 14.0. The number of nitrogens with zero attached hydrogens (tertiary/aromatic N) is 5. The lowest BCUT2D eigenvalue weighted by Gasteiger charge is -2.43. The van der Waals surface area contributed by atoms with Gasteiger partial charge in [0.05, 0.1) is 12.5 Å². The molecule has 4 heterocycles. The van der Waals surface area contributed by atoms with Crippen molar-refractivity contribution in [3.63, 3.8) is 0 Å². The average molecular weight is 703 g/mol. The van der Waals surface area contributed by atoms with E-state index in [0.717, 1.165) is 35.2 Å². The highest BCUT2D eigenvalue weighted by Crippen LogP contribution is 2.29. The smallest absolute Gasteiger partial charge is 0.343 e. The number of anilines is 1. The molecular formula is C36H46ClF3N6O3. The highest BCUT2D eigenvalue weighted by molar-refractivity contribution is 6.31. The molecule has 4 aliphatic rings. The Hall–Kier alpha value is -3.35. The topological polar surface area (TPSA) is 79.4 Å². The zero-order valence-corrected chi connectivity index (χ0v) is 28.8. The first-order valence-electron chi connectivity index (χ1n) is 17.4. The van der Waals surface area contributed by atoms with Crippen LogP contribution in [0.25, 0.3) is 0 Å². The monoisotopic (exact) mass is 702 g/mol. The molecule has 49 heavy (non-hydrogen) atoms. The number of carbonyl (C=O) groups is 3. The molecule has 4 aliphatic heterocycles. The fraction of sp³-hybridized carbons (Fsp3) is 0.583. The number of urea groups is 1. The molecule has 13 heteroatoms. The van der Waals surface area contributed by atoms with E-state index in [1.807, 2.05) is 64.1 Å². The van der Waals surface area contributed by atoms with Crippen LogP contribution in [-0.2, 0) is 22.6 Å². The van der Waals surface area contributed by atoms with Crippen molar-refractivity contribution < 1.29 is 27.6 Å². The quantitative estimate of drug-likeness (QED) is 0.399. The van der Waals surface area contributed by atoms with Crippen molar-refractivity contribution in [1.29, 1.82) is 0 Å². The summed E-state index contributed by atoms with van der Waals surface area (Å²) in [7, 11) is 0. The van der Waals surface area contributed by atoms with Crippen LogP contribution in [0.4, 0.5) is 23.7 Å². The lowest BCUT2D eigenvalue weighted by Crippen LogP contribution is -2.55. The zero-order valence-electron chi connectivity index (χ0n) is 28.1. The van der Waals surface area contributed by atoms with E-state index in [4.69, 9.17) is 11.6 Å². The molecule has 0 spiro atoms. The minimum absolute atomic E-state index is 0.0285. The third kappa shape index (κ3) is 8.88. The number of carbonyl (C=O) groups excluding carboxylic acids is 3. The molecule has 0 radical (unpaired) electrons. The molecule has 1 unspecified atom stereocenters. The van der Waals surface area contributed by atoms with E-state index in [-0.39, 0.29) is 36.3 Å². The first-order valence-corrected chi connectivity index (χ1v) is 17.8. The number of hydrogen-bond donors (Lipinski definition) is 1. The van der Waals surface area contributed by atoms with E-state index in [1.54, 1.807) is 0 Å². The van der Waals surface area contributed by atoms with E-state index in [9.17, 15) is 27.6 Å². The van der Waals surface area contributed by atoms with Gasteiger partial charge in [0.15, 0.2) is 0 Å². The molecule has 0 saturated carbocycles. The van der Waals surface area contributed by atoms with Gasteiger partial charge in [-0.15, -0.1) is 0 Å². The fourth-order valence-electron chi connectivity index (χ4n) is 7.90. The largest absolute Gasteiger partial charge is 0.401 e. The molecule has 6 rings (SSSR count). The third-order valence-corrected chi connectivity index (χ3v) is 11.1. The Labute approximate surface area is 291 Å². The van der Waals surface area contributed by atoms with Gasteiger partial charge in [-0.2, -0.15) is 13.2 Å². The van der Waals surface area contributed by atoms with Crippen LogP contribution in [0.3, 0.4) is 0 Å². The number of rotatable bonds is 8. The minimum atomic E-state index is -4.19. The minimum Gasteiger partial charge on any atom is -0.343 e. The summed E-state index contributed by atoms with van der Waals surface area (Å²) in [4.78, 5) is 50.0. The summed E-state index contributed by atoms with van der Waals surface area (Å²) >= 11 is 6.28. The van der Waals surface area contributed by atoms with Crippen molar-refractivity contribution in [2.24, 2.45) is 5.92 Å². The maximum atomic E-state index is 14.1. The number of hydrogen-bond acceptors (Lipinski definition) is 5. The predicted octanol–water partition coefficient (Wildman–Crippen LogP) is 5.41. The molecule has 3 saturated heterocycles. The van der Waals surface area contributed by atoms with Gasteiger partial charge in [0.25, 0.3) is 0 Å². The normalized spacial score (nSPS) is 21.0. The van der Waals surface area contributed by atoms with Crippen molar-refractivity contribution >= 4 is 35.1 Å². The molecule has 1 atom stereocenters. The van der Waals surface area contributed by atoms with Crippen LogP contribution in [0.1, 0.15) is 48.8 Å². The number of alkyl halides is 3. The zero-order chi connectivity index (χ0) is 34.7. The number of likely N-dealkylation sites (tertiary alicyclic amines) is 2. The molecule has 4 amide bonds. The second kappa shape index (κ2) is 15.3. The second-order valence-corrected chi connectivity index (χ2v) is 14.4. The Balaban J connectivity index is 1.05. The number of halogens is 4. The summed E-state index contributed by atoms with van der Waals surface area (Å²) in [6.45, 7) is 5.72. The maximum Gasteiger partial charge on any atom is 0.401 e. The summed E-state index contributed by atoms with van der Waals surface area (Å²) in [6.07, 6.45) is -0.798. The predicted molar refractivity (Wildman–Crippen MR) is 182 cm³/mol. The van der Waals surface area contributed by atoms with Crippen molar-refractivity contribution in [3.8, 4) is 0 Å². The standard InChI is InChI=1S/C36H46ClF3N6O3/c1-25-20-26(6-7-31(25)37)21-28(34(48)45-14-8-29(9-15-45)43-18-16-42(17-19-43)24-36(38,39)40)22-33(47)44-12-10-30(11-13-44)46-23-27-4-2-3-5-32(27)41-35(46)49/h2-7,20,28-30H,8-19,21-24H2,1H3,(H,41,49). The lowest BCUT2D eigenvalue weighted by atomic mass is 9.91. The molecule has 9 nitrogen and oxygen atoms in total. The van der Waals surface area contributed by atoms with Crippen LogP contribution in [0.15, 0.2) is 42.5 Å². The van der Waals surface area contributed by atoms with E-state index < -0.39 is 18.6 Å². The Morgan fingerprint density at radius 3 is 2.22 bits per heavy atom. The molecule has 0 aromatic heterocycles. The summed E-state index contributed by atoms with van der Waals surface area (Å²) in [5.41, 5.74) is 3.79. The van der Waals surface area contributed by atoms with Gasteiger partial charge in [-0.1, -0.05) is 41.9 Å². The Morgan fingerprint density at radius 2 is 1.55 bits per heavy atom. The molecule has 0 bridgehead atoms. The van der Waals surface area contributed by atoms with E-state index in [1.165, 1.54) is 4.90 Å². The molecule has 1 N–H and O–H groups in total. The number of piperazine rings is 1. The van der Waals surface area contributed by atoms with Gasteiger partial charge in [-0.25, -0.2) is 4.79 Å². The first-order chi connectivity index (χ1) is 23.4. The number of benzene rings is 2. The van der Waals surface area contributed by atoms with Crippen LogP contribution in [0, 0.1) is 12.8 Å². The molecule has 3 fully saturated rings. The van der Waals surface area contributed by atoms with Gasteiger partial charge in [-0.3, -0.25) is 19.4 Å². The van der Waals surface area contributed by atoms with Gasteiger partial charge < -0.3 is 20.0 Å². The van der Waals surface area contributed by atoms with E-state index in [0.29, 0.717) is 83.2 Å². The first kappa shape index (κ1) is 35.5. The number of fused-ring (bicyclic) bond motifs is 1. The van der Waals surface area contributed by atoms with Crippen molar-refractivity contribution in [3.05, 3.63) is 64.2 Å². The van der Waals surface area contributed by atoms with Gasteiger partial charge in [0, 0.05) is 88.1 Å². The van der Waals surface area contributed by atoms with Crippen LogP contribution >= 0.6 is 11.6 Å². The van der Waals surface area contributed by atoms with E-state index in [2.05, 4.69) is 10.2 Å². The van der Waals surface area contributed by atoms with Crippen LogP contribution < -0.4 is 5.32 Å². The molecule has 266 valence electrons. The molecule has 2 aromatic rings. The summed E-state index contributed by atoms with van der Waals surface area (Å²) in [5.74, 6) is -0.617. The van der Waals surface area contributed by atoms with Crippen molar-refractivity contribution in [2.45, 2.75) is 70.3 Å². The van der Waals surface area contributed by atoms with Crippen LogP contribution in [0.2, 0.25) is 5.02 Å². The fourth-order valence-corrected chi connectivity index (χ4v) is 8.02. The summed E-state index contributed by atoms with van der Waals surface area (Å²) in [5, 5.41) is 3.64. The number of para-hydroxylation sites is 1. The Kier molecular flexibility index (Phi) is 11.1. The van der Waals surface area contributed by atoms with Crippen molar-refractivity contribution in [2.75, 3.05) is 64.2 Å². The highest BCUT2D eigenvalue weighted by Gasteiger charge is 2.37. The summed E-state index contributed by atoms with van der Waals surface area (Å²) < 4.78 is 38.5. The molecule has 0 aliphatic carbocycles. The highest BCUT2D eigenvalue weighted by atomic mass is 35.5. The average Bonchev–Trinajstić information content (AvgIpc) is 3.09. The lowest BCUT2D eigenvalue weighted by molar-refractivity contribution is -0.150. The van der Waals surface area contributed by atoms with Gasteiger partial charge in [-0.05, 0) is 67.9 Å². The van der Waals surface area contributed by atoms with Crippen molar-refractivity contribution in [1.82, 2.24) is 24.5 Å². The van der Waals surface area contributed by atoms with E-state index >= 15 is 0 Å². The third-order valence-electron chi connectivity index (χ3n) is 10.7. The number of piperidine rings is 2.